The monoisotopic (exact) mass is 413 g/mol. The van der Waals surface area contributed by atoms with Crippen LogP contribution in [0.5, 0.6) is 11.5 Å². The zero-order valence-electron chi connectivity index (χ0n) is 17.0. The van der Waals surface area contributed by atoms with Crippen LogP contribution in [0.2, 0.25) is 0 Å². The van der Waals surface area contributed by atoms with Crippen LogP contribution < -0.4 is 14.8 Å². The molecule has 0 aliphatic carbocycles. The van der Waals surface area contributed by atoms with E-state index in [1.807, 2.05) is 0 Å². The number of nitrogens with one attached hydrogen (secondary N) is 1. The van der Waals surface area contributed by atoms with E-state index >= 15 is 0 Å². The molecule has 0 fully saturated rings. The molecule has 0 saturated carbocycles. The van der Waals surface area contributed by atoms with Crippen molar-refractivity contribution in [2.24, 2.45) is 0 Å². The first-order chi connectivity index (χ1) is 13.0. The van der Waals surface area contributed by atoms with Gasteiger partial charge in [-0.15, -0.1) is 12.4 Å². The number of amides is 1. The van der Waals surface area contributed by atoms with E-state index in [0.717, 1.165) is 44.1 Å². The van der Waals surface area contributed by atoms with Crippen LogP contribution in [0, 0.1) is 0 Å². The lowest BCUT2D eigenvalue weighted by Gasteiger charge is -2.13. The van der Waals surface area contributed by atoms with Gasteiger partial charge in [0.25, 0.3) is 0 Å². The minimum absolute atomic E-state index is 0. The van der Waals surface area contributed by atoms with Crippen LogP contribution in [-0.4, -0.2) is 17.8 Å². The maximum absolute atomic E-state index is 12.1. The van der Waals surface area contributed by atoms with Crippen LogP contribution >= 0.6 is 12.4 Å². The summed E-state index contributed by atoms with van der Waals surface area (Å²) in [5.41, 5.74) is 0.757. The number of carbonyl (C=O) groups is 3. The van der Waals surface area contributed by atoms with Gasteiger partial charge in [0.2, 0.25) is 5.91 Å². The second-order valence-corrected chi connectivity index (χ2v) is 6.55. The van der Waals surface area contributed by atoms with Crippen LogP contribution in [0.4, 0.5) is 0 Å². The summed E-state index contributed by atoms with van der Waals surface area (Å²) in [6.45, 7) is 5.86. The van der Waals surface area contributed by atoms with Gasteiger partial charge in [0.15, 0.2) is 11.5 Å². The van der Waals surface area contributed by atoms with Gasteiger partial charge in [0, 0.05) is 26.3 Å². The summed E-state index contributed by atoms with van der Waals surface area (Å²) >= 11 is 0. The second kappa shape index (κ2) is 14.9. The highest BCUT2D eigenvalue weighted by molar-refractivity contribution is 5.85. The Morgan fingerprint density at radius 1 is 0.857 bits per heavy atom. The Balaban J connectivity index is 0.00000729. The molecule has 0 bridgehead atoms. The summed E-state index contributed by atoms with van der Waals surface area (Å²) in [4.78, 5) is 35.2. The molecule has 0 aliphatic heterocycles. The molecule has 0 heterocycles. The van der Waals surface area contributed by atoms with Gasteiger partial charge >= 0.3 is 11.9 Å². The molecule has 1 rings (SSSR count). The van der Waals surface area contributed by atoms with Gasteiger partial charge in [-0.1, -0.05) is 45.6 Å². The number of ether oxygens (including phenoxy) is 2. The van der Waals surface area contributed by atoms with E-state index in [0.29, 0.717) is 19.4 Å². The maximum Gasteiger partial charge on any atom is 0.311 e. The third kappa shape index (κ3) is 10.9. The first-order valence-corrected chi connectivity index (χ1v) is 9.75. The molecule has 0 atom stereocenters. The average molecular weight is 414 g/mol. The molecule has 0 saturated heterocycles. The zero-order valence-corrected chi connectivity index (χ0v) is 17.9. The lowest BCUT2D eigenvalue weighted by Crippen LogP contribution is -2.19. The van der Waals surface area contributed by atoms with Crippen molar-refractivity contribution in [3.8, 4) is 11.5 Å². The number of benzene rings is 1. The summed E-state index contributed by atoms with van der Waals surface area (Å²) in [6.07, 6.45) is 6.11. The van der Waals surface area contributed by atoms with Gasteiger partial charge in [0.1, 0.15) is 0 Å². The fourth-order valence-electron chi connectivity index (χ4n) is 2.44. The van der Waals surface area contributed by atoms with E-state index in [4.69, 9.17) is 9.47 Å². The number of hydrogen-bond donors (Lipinski definition) is 1. The van der Waals surface area contributed by atoms with Crippen molar-refractivity contribution in [1.82, 2.24) is 5.32 Å². The highest BCUT2D eigenvalue weighted by atomic mass is 35.5. The smallest absolute Gasteiger partial charge is 0.311 e. The Morgan fingerprint density at radius 3 is 1.89 bits per heavy atom. The third-order valence-electron chi connectivity index (χ3n) is 3.97. The van der Waals surface area contributed by atoms with Crippen LogP contribution in [0.1, 0.15) is 77.7 Å². The molecule has 1 aromatic carbocycles. The summed E-state index contributed by atoms with van der Waals surface area (Å²) in [5, 5.41) is 2.69. The molecule has 28 heavy (non-hydrogen) atoms. The number of hydrogen-bond acceptors (Lipinski definition) is 5. The third-order valence-corrected chi connectivity index (χ3v) is 3.97. The topological polar surface area (TPSA) is 81.7 Å². The normalized spacial score (nSPS) is 9.96. The molecule has 0 unspecified atom stereocenters. The highest BCUT2D eigenvalue weighted by Crippen LogP contribution is 2.29. The highest BCUT2D eigenvalue weighted by Gasteiger charge is 2.15. The molecular formula is C21H32ClNO5. The number of rotatable bonds is 12. The van der Waals surface area contributed by atoms with Crippen molar-refractivity contribution in [3.05, 3.63) is 23.8 Å². The van der Waals surface area contributed by atoms with E-state index in [-0.39, 0.29) is 41.8 Å². The van der Waals surface area contributed by atoms with E-state index in [1.54, 1.807) is 18.2 Å². The lowest BCUT2D eigenvalue weighted by atomic mass is 10.2. The molecule has 0 radical (unpaired) electrons. The zero-order chi connectivity index (χ0) is 20.1. The van der Waals surface area contributed by atoms with Gasteiger partial charge in [-0.25, -0.2) is 0 Å². The molecule has 1 N–H and O–H groups in total. The lowest BCUT2D eigenvalue weighted by molar-refractivity contribution is -0.137. The Hall–Kier alpha value is -2.08. The van der Waals surface area contributed by atoms with Gasteiger partial charge in [-0.2, -0.15) is 0 Å². The first kappa shape index (κ1) is 25.9. The van der Waals surface area contributed by atoms with Crippen LogP contribution in [0.25, 0.3) is 0 Å². The SMILES string of the molecule is CCCCCC(=O)Oc1ccc(CNC(C)=O)cc1OC(=O)CCCCC.Cl. The predicted octanol–water partition coefficient (Wildman–Crippen LogP) is 4.72. The number of carbonyl (C=O) groups excluding carboxylic acids is 3. The van der Waals surface area contributed by atoms with Crippen molar-refractivity contribution in [1.29, 1.82) is 0 Å². The molecule has 0 aliphatic rings. The fraction of sp³-hybridized carbons (Fsp3) is 0.571. The van der Waals surface area contributed by atoms with Crippen molar-refractivity contribution in [3.63, 3.8) is 0 Å². The molecule has 1 aromatic rings. The van der Waals surface area contributed by atoms with E-state index in [2.05, 4.69) is 19.2 Å². The Bertz CT molecular complexity index is 633. The molecule has 7 heteroatoms. The van der Waals surface area contributed by atoms with E-state index < -0.39 is 0 Å². The molecule has 0 aromatic heterocycles. The minimum atomic E-state index is -0.358. The molecule has 158 valence electrons. The standard InChI is InChI=1S/C21H31NO5.ClH/c1-4-6-8-10-20(24)26-18-13-12-17(15-22-16(3)23)14-19(18)27-21(25)11-9-7-5-2;/h12-14H,4-11,15H2,1-3H3,(H,22,23);1H. The molecule has 6 nitrogen and oxygen atoms in total. The van der Waals surface area contributed by atoms with Crippen LogP contribution in [0.15, 0.2) is 18.2 Å². The number of unbranched alkanes of at least 4 members (excludes halogenated alkanes) is 4. The van der Waals surface area contributed by atoms with Gasteiger partial charge in [0.05, 0.1) is 0 Å². The predicted molar refractivity (Wildman–Crippen MR) is 111 cm³/mol. The maximum atomic E-state index is 12.1. The van der Waals surface area contributed by atoms with Crippen molar-refractivity contribution < 1.29 is 23.9 Å². The van der Waals surface area contributed by atoms with Crippen LogP contribution in [0.3, 0.4) is 0 Å². The van der Waals surface area contributed by atoms with Crippen molar-refractivity contribution >= 4 is 30.3 Å². The number of halogens is 1. The van der Waals surface area contributed by atoms with Crippen molar-refractivity contribution in [2.45, 2.75) is 78.7 Å². The van der Waals surface area contributed by atoms with Crippen LogP contribution in [-0.2, 0) is 20.9 Å². The summed E-state index contributed by atoms with van der Waals surface area (Å²) in [5.74, 6) is -0.417. The average Bonchev–Trinajstić information content (AvgIpc) is 2.62. The fourth-order valence-corrected chi connectivity index (χ4v) is 2.44. The largest absolute Gasteiger partial charge is 0.423 e. The molecular weight excluding hydrogens is 382 g/mol. The Labute approximate surface area is 173 Å². The number of esters is 2. The molecule has 1 amide bonds. The minimum Gasteiger partial charge on any atom is -0.423 e. The summed E-state index contributed by atoms with van der Waals surface area (Å²) in [6, 6.07) is 4.96. The summed E-state index contributed by atoms with van der Waals surface area (Å²) in [7, 11) is 0. The Morgan fingerprint density at radius 2 is 1.39 bits per heavy atom. The summed E-state index contributed by atoms with van der Waals surface area (Å²) < 4.78 is 10.8. The Kier molecular flexibility index (Phi) is 13.8. The van der Waals surface area contributed by atoms with Gasteiger partial charge in [-0.05, 0) is 30.5 Å². The van der Waals surface area contributed by atoms with Gasteiger partial charge < -0.3 is 14.8 Å². The van der Waals surface area contributed by atoms with E-state index in [1.165, 1.54) is 6.92 Å². The van der Waals surface area contributed by atoms with Gasteiger partial charge in [-0.3, -0.25) is 14.4 Å². The second-order valence-electron chi connectivity index (χ2n) is 6.55. The first-order valence-electron chi connectivity index (χ1n) is 9.75. The van der Waals surface area contributed by atoms with E-state index in [9.17, 15) is 14.4 Å². The molecule has 0 spiro atoms. The van der Waals surface area contributed by atoms with Crippen molar-refractivity contribution in [2.75, 3.05) is 0 Å². The quantitative estimate of drug-likeness (QED) is 0.304.